The molecule has 0 aliphatic carbocycles. The number of carbonyl (C=O) groups is 1. The first-order valence-corrected chi connectivity index (χ1v) is 8.62. The van der Waals surface area contributed by atoms with E-state index in [2.05, 4.69) is 32.9 Å². The zero-order valence-electron chi connectivity index (χ0n) is 14.7. The molecule has 2 heterocycles. The Morgan fingerprint density at radius 2 is 1.92 bits per heavy atom. The minimum atomic E-state index is -0.0551. The van der Waals surface area contributed by atoms with Gasteiger partial charge in [-0.2, -0.15) is 0 Å². The second-order valence-electron chi connectivity index (χ2n) is 7.52. The molecule has 1 atom stereocenters. The Hall–Kier alpha value is -2.07. The van der Waals surface area contributed by atoms with Gasteiger partial charge in [0, 0.05) is 24.7 Å². The van der Waals surface area contributed by atoms with Crippen LogP contribution in [0.3, 0.4) is 0 Å². The molecule has 2 aromatic rings. The second kappa shape index (κ2) is 6.44. The topological polar surface area (TPSA) is 59.5 Å². The van der Waals surface area contributed by atoms with Crippen LogP contribution >= 0.6 is 0 Å². The number of nitrogens with zero attached hydrogens (tertiary/aromatic N) is 1. The van der Waals surface area contributed by atoms with Crippen molar-refractivity contribution in [2.24, 2.45) is 5.73 Å². The second-order valence-corrected chi connectivity index (χ2v) is 7.52. The van der Waals surface area contributed by atoms with Gasteiger partial charge in [-0.3, -0.25) is 4.79 Å². The molecule has 1 aromatic carbocycles. The average Bonchev–Trinajstić information content (AvgIpc) is 3.22. The van der Waals surface area contributed by atoms with Gasteiger partial charge in [-0.25, -0.2) is 0 Å². The third-order valence-electron chi connectivity index (χ3n) is 4.76. The normalized spacial score (nSPS) is 18.2. The van der Waals surface area contributed by atoms with Crippen LogP contribution in [0, 0.1) is 0 Å². The Balaban J connectivity index is 1.79. The fourth-order valence-corrected chi connectivity index (χ4v) is 3.23. The first-order chi connectivity index (χ1) is 11.4. The van der Waals surface area contributed by atoms with Gasteiger partial charge in [0.2, 0.25) is 0 Å². The van der Waals surface area contributed by atoms with Gasteiger partial charge in [0.1, 0.15) is 5.76 Å². The molecule has 0 bridgehead atoms. The van der Waals surface area contributed by atoms with Crippen LogP contribution in [0.15, 0.2) is 40.8 Å². The van der Waals surface area contributed by atoms with E-state index in [1.54, 1.807) is 6.07 Å². The van der Waals surface area contributed by atoms with E-state index in [9.17, 15) is 4.79 Å². The van der Waals surface area contributed by atoms with Crippen LogP contribution in [-0.2, 0) is 5.41 Å². The molecular formula is C20H26N2O2. The van der Waals surface area contributed by atoms with Gasteiger partial charge in [0.25, 0.3) is 5.91 Å². The molecule has 24 heavy (non-hydrogen) atoms. The quantitative estimate of drug-likeness (QED) is 0.933. The summed E-state index contributed by atoms with van der Waals surface area (Å²) >= 11 is 0. The number of rotatable bonds is 3. The molecule has 2 N–H and O–H groups in total. The maximum Gasteiger partial charge on any atom is 0.289 e. The lowest BCUT2D eigenvalue weighted by Crippen LogP contribution is -2.39. The van der Waals surface area contributed by atoms with Crippen LogP contribution in [0.1, 0.15) is 49.7 Å². The average molecular weight is 326 g/mol. The third kappa shape index (κ3) is 3.24. The highest BCUT2D eigenvalue weighted by Crippen LogP contribution is 2.28. The van der Waals surface area contributed by atoms with Gasteiger partial charge >= 0.3 is 0 Å². The molecule has 1 unspecified atom stereocenters. The largest absolute Gasteiger partial charge is 0.451 e. The zero-order valence-corrected chi connectivity index (χ0v) is 14.7. The van der Waals surface area contributed by atoms with E-state index in [1.807, 2.05) is 23.1 Å². The lowest BCUT2D eigenvalue weighted by molar-refractivity contribution is 0.0710. The van der Waals surface area contributed by atoms with E-state index in [4.69, 9.17) is 10.2 Å². The standard InChI is InChI=1S/C20H26N2O2/c1-20(2,3)15-8-6-14(7-9-15)17-10-11-18(24-17)19(23)22-12-4-5-16(22)13-21/h6-11,16H,4-5,12-13,21H2,1-3H3. The van der Waals surface area contributed by atoms with Gasteiger partial charge in [-0.15, -0.1) is 0 Å². The molecule has 3 rings (SSSR count). The summed E-state index contributed by atoms with van der Waals surface area (Å²) < 4.78 is 5.83. The molecule has 0 saturated carbocycles. The Labute approximate surface area is 143 Å². The molecule has 1 aliphatic rings. The van der Waals surface area contributed by atoms with E-state index in [0.29, 0.717) is 12.3 Å². The lowest BCUT2D eigenvalue weighted by Gasteiger charge is -2.22. The lowest BCUT2D eigenvalue weighted by atomic mass is 9.86. The van der Waals surface area contributed by atoms with Gasteiger partial charge in [0.05, 0.1) is 0 Å². The number of furan rings is 1. The summed E-state index contributed by atoms with van der Waals surface area (Å²) in [4.78, 5) is 14.5. The Bertz CT molecular complexity index is 710. The number of nitrogens with two attached hydrogens (primary N) is 1. The van der Waals surface area contributed by atoms with Crippen molar-refractivity contribution in [1.82, 2.24) is 4.90 Å². The molecule has 1 saturated heterocycles. The van der Waals surface area contributed by atoms with Crippen molar-refractivity contribution in [3.63, 3.8) is 0 Å². The highest BCUT2D eigenvalue weighted by molar-refractivity contribution is 5.92. The highest BCUT2D eigenvalue weighted by Gasteiger charge is 2.30. The monoisotopic (exact) mass is 326 g/mol. The van der Waals surface area contributed by atoms with Crippen LogP contribution in [0.2, 0.25) is 0 Å². The van der Waals surface area contributed by atoms with E-state index >= 15 is 0 Å². The minimum absolute atomic E-state index is 0.0551. The van der Waals surface area contributed by atoms with Crippen molar-refractivity contribution in [3.8, 4) is 11.3 Å². The predicted molar refractivity (Wildman–Crippen MR) is 96.0 cm³/mol. The number of hydrogen-bond acceptors (Lipinski definition) is 3. The summed E-state index contributed by atoms with van der Waals surface area (Å²) in [6.45, 7) is 7.84. The molecule has 4 heteroatoms. The van der Waals surface area contributed by atoms with Crippen LogP contribution < -0.4 is 5.73 Å². The van der Waals surface area contributed by atoms with Crippen LogP contribution in [-0.4, -0.2) is 29.9 Å². The minimum Gasteiger partial charge on any atom is -0.451 e. The fraction of sp³-hybridized carbons (Fsp3) is 0.450. The maximum atomic E-state index is 12.6. The van der Waals surface area contributed by atoms with Gasteiger partial charge < -0.3 is 15.1 Å². The molecule has 0 radical (unpaired) electrons. The number of amides is 1. The molecule has 128 valence electrons. The molecule has 1 fully saturated rings. The SMILES string of the molecule is CC(C)(C)c1ccc(-c2ccc(C(=O)N3CCCC3CN)o2)cc1. The first-order valence-electron chi connectivity index (χ1n) is 8.62. The fourth-order valence-electron chi connectivity index (χ4n) is 3.23. The van der Waals surface area contributed by atoms with Crippen molar-refractivity contribution in [2.45, 2.75) is 45.1 Å². The number of likely N-dealkylation sites (tertiary alicyclic amines) is 1. The number of hydrogen-bond donors (Lipinski definition) is 1. The van der Waals surface area contributed by atoms with Crippen molar-refractivity contribution in [1.29, 1.82) is 0 Å². The van der Waals surface area contributed by atoms with Crippen molar-refractivity contribution < 1.29 is 9.21 Å². The Morgan fingerprint density at radius 1 is 1.21 bits per heavy atom. The van der Waals surface area contributed by atoms with Crippen LogP contribution in [0.4, 0.5) is 0 Å². The summed E-state index contributed by atoms with van der Waals surface area (Å²) in [5, 5.41) is 0. The summed E-state index contributed by atoms with van der Waals surface area (Å²) in [5.41, 5.74) is 8.14. The Kier molecular flexibility index (Phi) is 4.50. The van der Waals surface area contributed by atoms with Crippen LogP contribution in [0.25, 0.3) is 11.3 Å². The number of carbonyl (C=O) groups excluding carboxylic acids is 1. The van der Waals surface area contributed by atoms with E-state index < -0.39 is 0 Å². The molecule has 1 amide bonds. The van der Waals surface area contributed by atoms with Crippen molar-refractivity contribution in [3.05, 3.63) is 47.7 Å². The summed E-state index contributed by atoms with van der Waals surface area (Å²) in [6, 6.07) is 12.1. The molecule has 4 nitrogen and oxygen atoms in total. The predicted octanol–water partition coefficient (Wildman–Crippen LogP) is 3.81. The molecular weight excluding hydrogens is 300 g/mol. The van der Waals surface area contributed by atoms with Gasteiger partial charge in [-0.1, -0.05) is 45.0 Å². The summed E-state index contributed by atoms with van der Waals surface area (Å²) in [5.74, 6) is 1.06. The summed E-state index contributed by atoms with van der Waals surface area (Å²) in [6.07, 6.45) is 1.99. The smallest absolute Gasteiger partial charge is 0.289 e. The molecule has 1 aliphatic heterocycles. The first kappa shape index (κ1) is 16.8. The van der Waals surface area contributed by atoms with Gasteiger partial charge in [0.15, 0.2) is 5.76 Å². The van der Waals surface area contributed by atoms with Crippen LogP contribution in [0.5, 0.6) is 0 Å². The van der Waals surface area contributed by atoms with Gasteiger partial charge in [-0.05, 0) is 36.0 Å². The molecule has 1 aromatic heterocycles. The van der Waals surface area contributed by atoms with Crippen molar-refractivity contribution >= 4 is 5.91 Å². The Morgan fingerprint density at radius 3 is 2.54 bits per heavy atom. The zero-order chi connectivity index (χ0) is 17.3. The number of benzene rings is 1. The van der Waals surface area contributed by atoms with E-state index in [-0.39, 0.29) is 17.4 Å². The third-order valence-corrected chi connectivity index (χ3v) is 4.76. The van der Waals surface area contributed by atoms with E-state index in [1.165, 1.54) is 5.56 Å². The molecule has 0 spiro atoms. The summed E-state index contributed by atoms with van der Waals surface area (Å²) in [7, 11) is 0. The van der Waals surface area contributed by atoms with E-state index in [0.717, 1.165) is 30.7 Å². The highest BCUT2D eigenvalue weighted by atomic mass is 16.4. The van der Waals surface area contributed by atoms with Crippen molar-refractivity contribution in [2.75, 3.05) is 13.1 Å². The maximum absolute atomic E-state index is 12.6.